The zero-order valence-electron chi connectivity index (χ0n) is 11.9. The van der Waals surface area contributed by atoms with Crippen LogP contribution in [-0.4, -0.2) is 24.2 Å². The summed E-state index contributed by atoms with van der Waals surface area (Å²) in [6.45, 7) is 3.53. The minimum atomic E-state index is -3.11. The van der Waals surface area contributed by atoms with Crippen molar-refractivity contribution in [2.45, 2.75) is 29.8 Å². The lowest BCUT2D eigenvalue weighted by Gasteiger charge is -2.28. The smallest absolute Gasteiger partial charge is 0.153 e. The van der Waals surface area contributed by atoms with Gasteiger partial charge in [-0.25, -0.2) is 8.42 Å². The van der Waals surface area contributed by atoms with Crippen molar-refractivity contribution in [1.82, 2.24) is 0 Å². The van der Waals surface area contributed by atoms with Crippen LogP contribution in [0.3, 0.4) is 0 Å². The van der Waals surface area contributed by atoms with Crippen LogP contribution in [-0.2, 0) is 16.3 Å². The van der Waals surface area contributed by atoms with E-state index in [1.54, 1.807) is 13.8 Å². The lowest BCUT2D eigenvalue weighted by atomic mass is 9.99. The highest BCUT2D eigenvalue weighted by molar-refractivity contribution is 9.09. The normalized spacial score (nSPS) is 14.4. The molecule has 0 spiro atoms. The zero-order chi connectivity index (χ0) is 15.0. The maximum Gasteiger partial charge on any atom is 0.153 e. The third-order valence-electron chi connectivity index (χ3n) is 3.94. The van der Waals surface area contributed by atoms with Gasteiger partial charge in [0, 0.05) is 11.1 Å². The fourth-order valence-electron chi connectivity index (χ4n) is 2.05. The van der Waals surface area contributed by atoms with Crippen LogP contribution in [0.5, 0.6) is 0 Å². The first-order chi connectivity index (χ1) is 9.22. The highest BCUT2D eigenvalue weighted by Crippen LogP contribution is 2.29. The van der Waals surface area contributed by atoms with Crippen molar-refractivity contribution >= 4 is 36.5 Å². The van der Waals surface area contributed by atoms with E-state index < -0.39 is 14.6 Å². The Labute approximate surface area is 129 Å². The summed E-state index contributed by atoms with van der Waals surface area (Å²) in [5.41, 5.74) is 1.14. The van der Waals surface area contributed by atoms with Crippen molar-refractivity contribution in [3.63, 3.8) is 0 Å². The number of hydrogen-bond acceptors (Lipinski definition) is 2. The standard InChI is InChI=1S/C16H19BrO2S/c1-16(2,20(3,18)19)15(17)11-12-8-9-13-6-4-5-7-14(13)10-12/h4-10,15H,11H2,1-3H3. The number of halogens is 1. The summed E-state index contributed by atoms with van der Waals surface area (Å²) in [6, 6.07) is 14.4. The molecule has 1 atom stereocenters. The Morgan fingerprint density at radius 3 is 2.30 bits per heavy atom. The molecular formula is C16H19BrO2S. The molecule has 0 aliphatic carbocycles. The van der Waals surface area contributed by atoms with Crippen LogP contribution in [0.4, 0.5) is 0 Å². The highest BCUT2D eigenvalue weighted by Gasteiger charge is 2.37. The second-order valence-electron chi connectivity index (χ2n) is 5.73. The topological polar surface area (TPSA) is 34.1 Å². The van der Waals surface area contributed by atoms with Crippen LogP contribution in [0.25, 0.3) is 10.8 Å². The molecule has 0 heterocycles. The average Bonchev–Trinajstić information content (AvgIpc) is 2.37. The number of sulfone groups is 1. The van der Waals surface area contributed by atoms with Gasteiger partial charge in [0.15, 0.2) is 9.84 Å². The fourth-order valence-corrected chi connectivity index (χ4v) is 3.99. The second kappa shape index (κ2) is 5.49. The van der Waals surface area contributed by atoms with Gasteiger partial charge in [-0.1, -0.05) is 58.4 Å². The van der Waals surface area contributed by atoms with E-state index in [-0.39, 0.29) is 4.83 Å². The zero-order valence-corrected chi connectivity index (χ0v) is 14.3. The lowest BCUT2D eigenvalue weighted by Crippen LogP contribution is -2.41. The molecule has 2 nitrogen and oxygen atoms in total. The monoisotopic (exact) mass is 354 g/mol. The summed E-state index contributed by atoms with van der Waals surface area (Å²) in [5.74, 6) is 0. The van der Waals surface area contributed by atoms with Crippen LogP contribution in [0.2, 0.25) is 0 Å². The van der Waals surface area contributed by atoms with Gasteiger partial charge in [-0.15, -0.1) is 0 Å². The first-order valence-electron chi connectivity index (χ1n) is 6.53. The fraction of sp³-hybridized carbons (Fsp3) is 0.375. The maximum atomic E-state index is 11.9. The van der Waals surface area contributed by atoms with Crippen molar-refractivity contribution in [1.29, 1.82) is 0 Å². The van der Waals surface area contributed by atoms with E-state index in [2.05, 4.69) is 46.3 Å². The highest BCUT2D eigenvalue weighted by atomic mass is 79.9. The summed E-state index contributed by atoms with van der Waals surface area (Å²) in [5, 5.41) is 2.38. The summed E-state index contributed by atoms with van der Waals surface area (Å²) < 4.78 is 22.9. The first-order valence-corrected chi connectivity index (χ1v) is 9.34. The average molecular weight is 355 g/mol. The maximum absolute atomic E-state index is 11.9. The van der Waals surface area contributed by atoms with Gasteiger partial charge in [-0.2, -0.15) is 0 Å². The Kier molecular flexibility index (Phi) is 4.26. The molecule has 0 fully saturated rings. The van der Waals surface area contributed by atoms with Crippen LogP contribution < -0.4 is 0 Å². The first kappa shape index (κ1) is 15.5. The summed E-state index contributed by atoms with van der Waals surface area (Å²) >= 11 is 3.56. The predicted octanol–water partition coefficient (Wildman–Crippen LogP) is 3.97. The Hall–Kier alpha value is -0.870. The van der Waals surface area contributed by atoms with E-state index in [0.29, 0.717) is 6.42 Å². The molecule has 0 amide bonds. The van der Waals surface area contributed by atoms with Gasteiger partial charge in [0.2, 0.25) is 0 Å². The molecule has 4 heteroatoms. The number of rotatable bonds is 4. The van der Waals surface area contributed by atoms with Crippen LogP contribution in [0, 0.1) is 0 Å². The summed E-state index contributed by atoms with van der Waals surface area (Å²) in [7, 11) is -3.11. The van der Waals surface area contributed by atoms with Crippen molar-refractivity contribution in [3.8, 4) is 0 Å². The lowest BCUT2D eigenvalue weighted by molar-refractivity contribution is 0.542. The van der Waals surface area contributed by atoms with Gasteiger partial charge in [0.1, 0.15) is 0 Å². The second-order valence-corrected chi connectivity index (χ2v) is 9.43. The Morgan fingerprint density at radius 1 is 1.10 bits per heavy atom. The molecule has 2 aromatic rings. The quantitative estimate of drug-likeness (QED) is 0.778. The van der Waals surface area contributed by atoms with E-state index in [1.807, 2.05) is 12.1 Å². The molecule has 0 aliphatic rings. The number of alkyl halides is 1. The summed E-state index contributed by atoms with van der Waals surface area (Å²) in [4.78, 5) is -0.119. The van der Waals surface area contributed by atoms with Crippen molar-refractivity contribution < 1.29 is 8.42 Å². The Balaban J connectivity index is 2.28. The van der Waals surface area contributed by atoms with E-state index in [1.165, 1.54) is 17.0 Å². The number of hydrogen-bond donors (Lipinski definition) is 0. The molecule has 0 bridgehead atoms. The van der Waals surface area contributed by atoms with Crippen molar-refractivity contribution in [2.24, 2.45) is 0 Å². The SMILES string of the molecule is CC(C)(C(Br)Cc1ccc2ccccc2c1)S(C)(=O)=O. The van der Waals surface area contributed by atoms with Gasteiger partial charge >= 0.3 is 0 Å². The molecule has 0 saturated carbocycles. The molecule has 0 saturated heterocycles. The van der Waals surface area contributed by atoms with Gasteiger partial charge in [-0.05, 0) is 36.6 Å². The van der Waals surface area contributed by atoms with Gasteiger partial charge in [-0.3, -0.25) is 0 Å². The van der Waals surface area contributed by atoms with Crippen molar-refractivity contribution in [2.75, 3.05) is 6.26 Å². The molecule has 0 aromatic heterocycles. The van der Waals surface area contributed by atoms with E-state index >= 15 is 0 Å². The van der Waals surface area contributed by atoms with E-state index in [9.17, 15) is 8.42 Å². The van der Waals surface area contributed by atoms with Crippen molar-refractivity contribution in [3.05, 3.63) is 48.0 Å². The van der Waals surface area contributed by atoms with Gasteiger partial charge in [0.05, 0.1) is 4.75 Å². The molecule has 0 aliphatic heterocycles. The molecule has 0 N–H and O–H groups in total. The van der Waals surface area contributed by atoms with Crippen LogP contribution >= 0.6 is 15.9 Å². The molecule has 20 heavy (non-hydrogen) atoms. The minimum Gasteiger partial charge on any atom is -0.229 e. The van der Waals surface area contributed by atoms with E-state index in [4.69, 9.17) is 0 Å². The van der Waals surface area contributed by atoms with Crippen LogP contribution in [0.1, 0.15) is 19.4 Å². The Morgan fingerprint density at radius 2 is 1.70 bits per heavy atom. The number of fused-ring (bicyclic) bond motifs is 1. The van der Waals surface area contributed by atoms with E-state index in [0.717, 1.165) is 5.56 Å². The molecular weight excluding hydrogens is 336 g/mol. The third-order valence-corrected chi connectivity index (χ3v) is 7.91. The minimum absolute atomic E-state index is 0.119. The van der Waals surface area contributed by atoms with Crippen LogP contribution in [0.15, 0.2) is 42.5 Å². The Bertz CT molecular complexity index is 720. The molecule has 108 valence electrons. The summed E-state index contributed by atoms with van der Waals surface area (Å²) in [6.07, 6.45) is 1.98. The van der Waals surface area contributed by atoms with Gasteiger partial charge in [0.25, 0.3) is 0 Å². The molecule has 1 unspecified atom stereocenters. The molecule has 2 aromatic carbocycles. The molecule has 2 rings (SSSR count). The number of benzene rings is 2. The third kappa shape index (κ3) is 3.07. The predicted molar refractivity (Wildman–Crippen MR) is 89.3 cm³/mol. The van der Waals surface area contributed by atoms with Gasteiger partial charge < -0.3 is 0 Å². The largest absolute Gasteiger partial charge is 0.229 e. The molecule has 0 radical (unpaired) electrons.